The van der Waals surface area contributed by atoms with Crippen molar-refractivity contribution in [1.29, 1.82) is 0 Å². The van der Waals surface area contributed by atoms with Crippen molar-refractivity contribution >= 4 is 17.3 Å². The van der Waals surface area contributed by atoms with Crippen LogP contribution in [0.4, 0.5) is 11.4 Å². The van der Waals surface area contributed by atoms with Crippen LogP contribution in [0.25, 0.3) is 0 Å². The van der Waals surface area contributed by atoms with E-state index in [-0.39, 0.29) is 0 Å². The fourth-order valence-corrected chi connectivity index (χ4v) is 2.26. The van der Waals surface area contributed by atoms with Gasteiger partial charge in [0.2, 0.25) is 0 Å². The molecule has 1 aliphatic rings. The number of carbonyl (C=O) groups excluding carboxylic acids is 1. The molecule has 98 valence electrons. The molecule has 1 unspecified atom stereocenters. The van der Waals surface area contributed by atoms with Crippen molar-refractivity contribution < 1.29 is 14.6 Å². The van der Waals surface area contributed by atoms with Crippen molar-refractivity contribution in [3.8, 4) is 0 Å². The van der Waals surface area contributed by atoms with E-state index in [4.69, 9.17) is 0 Å². The molecule has 0 radical (unpaired) electrons. The minimum atomic E-state index is -1.24. The van der Waals surface area contributed by atoms with E-state index in [2.05, 4.69) is 14.5 Å². The van der Waals surface area contributed by atoms with Gasteiger partial charge in [-0.05, 0) is 6.07 Å². The molecule has 0 aliphatic carbocycles. The molecule has 0 spiro atoms. The zero-order chi connectivity index (χ0) is 13.3. The molecule has 1 aromatic carbocycles. The molecule has 5 heteroatoms. The Bertz CT molecular complexity index is 462. The number of methoxy groups -OCH3 is 1. The van der Waals surface area contributed by atoms with Crippen LogP contribution in [0, 0.1) is 0 Å². The summed E-state index contributed by atoms with van der Waals surface area (Å²) in [6.45, 7) is 1.77. The van der Waals surface area contributed by atoms with Crippen LogP contribution in [0.5, 0.6) is 0 Å². The van der Waals surface area contributed by atoms with Crippen molar-refractivity contribution in [3.05, 3.63) is 23.8 Å². The smallest absolute Gasteiger partial charge is 0.339 e. The highest BCUT2D eigenvalue weighted by molar-refractivity contribution is 5.84. The van der Waals surface area contributed by atoms with Crippen LogP contribution in [0.1, 0.15) is 11.7 Å². The van der Waals surface area contributed by atoms with Gasteiger partial charge in [-0.3, -0.25) is 0 Å². The average molecular weight is 250 g/mol. The van der Waals surface area contributed by atoms with Gasteiger partial charge in [0.05, 0.1) is 18.5 Å². The summed E-state index contributed by atoms with van der Waals surface area (Å²) in [5.74, 6) is -0.634. The van der Waals surface area contributed by atoms with Crippen LogP contribution in [0.3, 0.4) is 0 Å². The number of aliphatic hydroxyl groups excluding tert-OH is 1. The molecule has 1 N–H and O–H groups in total. The number of hydrogen-bond donors (Lipinski definition) is 1. The Hall–Kier alpha value is -1.75. The first-order valence-corrected chi connectivity index (χ1v) is 5.87. The number of hydrogen-bond acceptors (Lipinski definition) is 5. The summed E-state index contributed by atoms with van der Waals surface area (Å²) in [5, 5.41) is 10.0. The molecule has 1 atom stereocenters. The molecule has 2 rings (SSSR count). The summed E-state index contributed by atoms with van der Waals surface area (Å²) in [6.07, 6.45) is -1.24. The first-order valence-electron chi connectivity index (χ1n) is 5.87. The van der Waals surface area contributed by atoms with Gasteiger partial charge < -0.3 is 19.6 Å². The van der Waals surface area contributed by atoms with Gasteiger partial charge in [-0.25, -0.2) is 4.79 Å². The van der Waals surface area contributed by atoms with Crippen molar-refractivity contribution in [2.24, 2.45) is 0 Å². The molecule has 0 aromatic heterocycles. The van der Waals surface area contributed by atoms with E-state index in [1.807, 2.05) is 26.2 Å². The SMILES string of the molecule is COC(=O)C(O)c1cccc2c1N(C)CCN2C. The number of esters is 1. The maximum absolute atomic E-state index is 11.5. The molecule has 1 aliphatic heterocycles. The van der Waals surface area contributed by atoms with Crippen molar-refractivity contribution in [2.45, 2.75) is 6.10 Å². The standard InChI is InChI=1S/C13H18N2O3/c1-14-7-8-15(2)11-9(5-4-6-10(11)14)12(16)13(17)18-3/h4-6,12,16H,7-8H2,1-3H3. The Morgan fingerprint density at radius 3 is 2.67 bits per heavy atom. The number of fused-ring (bicyclic) bond motifs is 1. The lowest BCUT2D eigenvalue weighted by Crippen LogP contribution is -2.38. The topological polar surface area (TPSA) is 53.0 Å². The number of para-hydroxylation sites is 1. The molecular weight excluding hydrogens is 232 g/mol. The lowest BCUT2D eigenvalue weighted by Gasteiger charge is -2.36. The highest BCUT2D eigenvalue weighted by atomic mass is 16.5. The molecule has 1 heterocycles. The summed E-state index contributed by atoms with van der Waals surface area (Å²) in [4.78, 5) is 15.6. The van der Waals surface area contributed by atoms with E-state index >= 15 is 0 Å². The fraction of sp³-hybridized carbons (Fsp3) is 0.462. The van der Waals surface area contributed by atoms with Gasteiger partial charge in [0.1, 0.15) is 0 Å². The van der Waals surface area contributed by atoms with Gasteiger partial charge >= 0.3 is 5.97 Å². The number of aliphatic hydroxyl groups is 1. The molecular formula is C13H18N2O3. The largest absolute Gasteiger partial charge is 0.467 e. The Labute approximate surface area is 107 Å². The summed E-state index contributed by atoms with van der Waals surface area (Å²) >= 11 is 0. The number of anilines is 2. The van der Waals surface area contributed by atoms with E-state index in [0.29, 0.717) is 5.56 Å². The quantitative estimate of drug-likeness (QED) is 0.786. The maximum atomic E-state index is 11.5. The van der Waals surface area contributed by atoms with E-state index in [0.717, 1.165) is 24.5 Å². The second-order valence-electron chi connectivity index (χ2n) is 4.48. The summed E-state index contributed by atoms with van der Waals surface area (Å²) in [6, 6.07) is 5.59. The third-order valence-electron chi connectivity index (χ3n) is 3.33. The second-order valence-corrected chi connectivity index (χ2v) is 4.48. The lowest BCUT2D eigenvalue weighted by molar-refractivity contribution is -0.150. The summed E-state index contributed by atoms with van der Waals surface area (Å²) in [7, 11) is 5.23. The number of carbonyl (C=O) groups is 1. The van der Waals surface area contributed by atoms with Gasteiger partial charge in [0, 0.05) is 32.7 Å². The van der Waals surface area contributed by atoms with E-state index in [1.165, 1.54) is 7.11 Å². The molecule has 0 fully saturated rings. The monoisotopic (exact) mass is 250 g/mol. The van der Waals surface area contributed by atoms with Crippen molar-refractivity contribution in [1.82, 2.24) is 0 Å². The summed E-state index contributed by atoms with van der Waals surface area (Å²) < 4.78 is 4.60. The average Bonchev–Trinajstić information content (AvgIpc) is 2.40. The third-order valence-corrected chi connectivity index (χ3v) is 3.33. The van der Waals surface area contributed by atoms with Gasteiger partial charge in [0.25, 0.3) is 0 Å². The molecule has 0 bridgehead atoms. The number of nitrogens with zero attached hydrogens (tertiary/aromatic N) is 2. The number of likely N-dealkylation sites (N-methyl/N-ethyl adjacent to an activating group) is 2. The van der Waals surface area contributed by atoms with E-state index in [1.54, 1.807) is 6.07 Å². The second kappa shape index (κ2) is 4.86. The molecule has 0 saturated carbocycles. The summed E-state index contributed by atoms with van der Waals surface area (Å²) in [5.41, 5.74) is 2.50. The van der Waals surface area contributed by atoms with Crippen molar-refractivity contribution in [2.75, 3.05) is 44.1 Å². The normalized spacial score (nSPS) is 16.2. The van der Waals surface area contributed by atoms with E-state index in [9.17, 15) is 9.90 Å². The number of ether oxygens (including phenoxy) is 1. The Balaban J connectivity index is 2.49. The van der Waals surface area contributed by atoms with Crippen LogP contribution >= 0.6 is 0 Å². The number of rotatable bonds is 2. The Kier molecular flexibility index (Phi) is 3.43. The molecule has 0 amide bonds. The van der Waals surface area contributed by atoms with Gasteiger partial charge in [0.15, 0.2) is 6.10 Å². The number of benzene rings is 1. The highest BCUT2D eigenvalue weighted by Crippen LogP contribution is 2.37. The van der Waals surface area contributed by atoms with Crippen LogP contribution in [0.15, 0.2) is 18.2 Å². The molecule has 0 saturated heterocycles. The predicted octanol–water partition coefficient (Wildman–Crippen LogP) is 0.779. The van der Waals surface area contributed by atoms with Crippen LogP contribution in [-0.2, 0) is 9.53 Å². The predicted molar refractivity (Wildman–Crippen MR) is 70.0 cm³/mol. The minimum Gasteiger partial charge on any atom is -0.467 e. The van der Waals surface area contributed by atoms with Gasteiger partial charge in [-0.2, -0.15) is 0 Å². The van der Waals surface area contributed by atoms with Crippen LogP contribution < -0.4 is 9.80 Å². The lowest BCUT2D eigenvalue weighted by atomic mass is 10.0. The Morgan fingerprint density at radius 1 is 1.33 bits per heavy atom. The first-order chi connectivity index (χ1) is 8.56. The third kappa shape index (κ3) is 2.01. The zero-order valence-corrected chi connectivity index (χ0v) is 10.9. The minimum absolute atomic E-state index is 0.591. The molecule has 5 nitrogen and oxygen atoms in total. The highest BCUT2D eigenvalue weighted by Gasteiger charge is 2.27. The first kappa shape index (κ1) is 12.7. The van der Waals surface area contributed by atoms with Crippen LogP contribution in [0.2, 0.25) is 0 Å². The van der Waals surface area contributed by atoms with Gasteiger partial charge in [-0.1, -0.05) is 12.1 Å². The zero-order valence-electron chi connectivity index (χ0n) is 10.9. The Morgan fingerprint density at radius 2 is 2.00 bits per heavy atom. The van der Waals surface area contributed by atoms with E-state index < -0.39 is 12.1 Å². The van der Waals surface area contributed by atoms with Crippen molar-refractivity contribution in [3.63, 3.8) is 0 Å². The van der Waals surface area contributed by atoms with Gasteiger partial charge in [-0.15, -0.1) is 0 Å². The molecule has 1 aromatic rings. The molecule has 18 heavy (non-hydrogen) atoms. The van der Waals surface area contributed by atoms with Crippen LogP contribution in [-0.4, -0.2) is 45.4 Å². The fourth-order valence-electron chi connectivity index (χ4n) is 2.26. The maximum Gasteiger partial charge on any atom is 0.339 e.